The van der Waals surface area contributed by atoms with E-state index in [1.807, 2.05) is 0 Å². The van der Waals surface area contributed by atoms with Gasteiger partial charge in [-0.05, 0) is 36.6 Å². The first-order valence-corrected chi connectivity index (χ1v) is 9.21. The number of unbranched alkanes of at least 4 members (excludes halogenated alkanes) is 4. The van der Waals surface area contributed by atoms with Gasteiger partial charge in [0.1, 0.15) is 34.1 Å². The van der Waals surface area contributed by atoms with E-state index in [4.69, 9.17) is 20.4 Å². The van der Waals surface area contributed by atoms with E-state index in [0.717, 1.165) is 31.7 Å². The Kier molecular flexibility index (Phi) is 9.31. The van der Waals surface area contributed by atoms with E-state index in [1.165, 1.54) is 30.7 Å². The van der Waals surface area contributed by atoms with Crippen LogP contribution in [0.15, 0.2) is 30.3 Å². The largest absolute Gasteiger partial charge is 0.508 e. The number of hydrogen-bond donors (Lipinski definition) is 6. The molecule has 8 nitrogen and oxygen atoms in total. The number of phenolic OH excluding ortho intramolecular Hbond substituents is 1. The van der Waals surface area contributed by atoms with E-state index in [0.29, 0.717) is 12.0 Å². The minimum absolute atomic E-state index is 0.0942. The highest BCUT2D eigenvalue weighted by Gasteiger charge is 2.16. The zero-order valence-electron chi connectivity index (χ0n) is 16.1. The van der Waals surface area contributed by atoms with Crippen molar-refractivity contribution in [1.29, 1.82) is 0 Å². The molecule has 0 radical (unpaired) electrons. The zero-order chi connectivity index (χ0) is 22.0. The number of carboxylic acids is 2. The van der Waals surface area contributed by atoms with Crippen LogP contribution in [0.2, 0.25) is 0 Å². The molecule has 158 valence electrons. The molecule has 29 heavy (non-hydrogen) atoms. The molecule has 0 fully saturated rings. The van der Waals surface area contributed by atoms with Gasteiger partial charge in [0.25, 0.3) is 0 Å². The lowest BCUT2D eigenvalue weighted by Gasteiger charge is -2.09. The summed E-state index contributed by atoms with van der Waals surface area (Å²) >= 11 is 0. The van der Waals surface area contributed by atoms with Gasteiger partial charge >= 0.3 is 11.9 Å². The van der Waals surface area contributed by atoms with Crippen molar-refractivity contribution in [1.82, 2.24) is 0 Å². The van der Waals surface area contributed by atoms with Gasteiger partial charge < -0.3 is 30.6 Å². The van der Waals surface area contributed by atoms with E-state index < -0.39 is 29.0 Å². The fraction of sp³-hybridized carbons (Fsp3) is 0.333. The average molecular weight is 406 g/mol. The zero-order valence-corrected chi connectivity index (χ0v) is 16.1. The first-order chi connectivity index (χ1) is 13.7. The van der Waals surface area contributed by atoms with Crippen LogP contribution in [0.25, 0.3) is 0 Å². The third-order valence-corrected chi connectivity index (χ3v) is 4.18. The second kappa shape index (κ2) is 11.4. The predicted octanol–water partition coefficient (Wildman–Crippen LogP) is 4.10. The van der Waals surface area contributed by atoms with Gasteiger partial charge in [0.15, 0.2) is 0 Å². The van der Waals surface area contributed by atoms with Crippen LogP contribution < -0.4 is 0 Å². The molecule has 0 bridgehead atoms. The number of phenols is 4. The number of carbonyl (C=O) groups is 2. The second-order valence-corrected chi connectivity index (χ2v) is 6.44. The van der Waals surface area contributed by atoms with E-state index >= 15 is 0 Å². The first-order valence-electron chi connectivity index (χ1n) is 9.21. The van der Waals surface area contributed by atoms with Gasteiger partial charge in [0.2, 0.25) is 0 Å². The smallest absolute Gasteiger partial charge is 0.343 e. The Morgan fingerprint density at radius 1 is 0.759 bits per heavy atom. The van der Waals surface area contributed by atoms with E-state index in [-0.39, 0.29) is 17.1 Å². The van der Waals surface area contributed by atoms with Crippen LogP contribution in [0.5, 0.6) is 23.0 Å². The van der Waals surface area contributed by atoms with Crippen LogP contribution in [0.4, 0.5) is 0 Å². The molecule has 8 heteroatoms. The minimum atomic E-state index is -1.35. The number of aromatic hydroxyl groups is 4. The molecule has 0 unspecified atom stereocenters. The summed E-state index contributed by atoms with van der Waals surface area (Å²) in [7, 11) is 0. The van der Waals surface area contributed by atoms with Gasteiger partial charge in [-0.3, -0.25) is 0 Å². The lowest BCUT2D eigenvalue weighted by Crippen LogP contribution is -2.03. The number of benzene rings is 2. The monoisotopic (exact) mass is 406 g/mol. The summed E-state index contributed by atoms with van der Waals surface area (Å²) in [5.74, 6) is -3.83. The van der Waals surface area contributed by atoms with Crippen LogP contribution in [-0.2, 0) is 6.42 Å². The van der Waals surface area contributed by atoms with Crippen LogP contribution in [0, 0.1) is 0 Å². The highest BCUT2D eigenvalue weighted by molar-refractivity contribution is 5.94. The molecule has 0 saturated carbocycles. The van der Waals surface area contributed by atoms with Gasteiger partial charge in [-0.1, -0.05) is 38.7 Å². The molecule has 0 aliphatic rings. The number of rotatable bonds is 8. The summed E-state index contributed by atoms with van der Waals surface area (Å²) in [6.07, 6.45) is 5.92. The number of carboxylic acid groups (broad SMARTS) is 2. The maximum Gasteiger partial charge on any atom is 0.343 e. The van der Waals surface area contributed by atoms with Crippen molar-refractivity contribution in [2.45, 2.75) is 45.4 Å². The van der Waals surface area contributed by atoms with Gasteiger partial charge in [-0.25, -0.2) is 9.59 Å². The number of aromatic carboxylic acids is 2. The highest BCUT2D eigenvalue weighted by Crippen LogP contribution is 2.28. The van der Waals surface area contributed by atoms with Crippen molar-refractivity contribution in [2.75, 3.05) is 0 Å². The van der Waals surface area contributed by atoms with Crippen molar-refractivity contribution >= 4 is 11.9 Å². The average Bonchev–Trinajstić information content (AvgIpc) is 2.60. The first kappa shape index (κ1) is 23.6. The number of hydrogen-bond acceptors (Lipinski definition) is 6. The molecule has 6 N–H and O–H groups in total. The van der Waals surface area contributed by atoms with E-state index in [2.05, 4.69) is 6.92 Å². The van der Waals surface area contributed by atoms with Crippen molar-refractivity contribution in [3.63, 3.8) is 0 Å². The third-order valence-electron chi connectivity index (χ3n) is 4.18. The van der Waals surface area contributed by atoms with Crippen molar-refractivity contribution in [2.24, 2.45) is 0 Å². The summed E-state index contributed by atoms with van der Waals surface area (Å²) in [4.78, 5) is 21.4. The molecule has 0 saturated heterocycles. The van der Waals surface area contributed by atoms with Gasteiger partial charge in [0, 0.05) is 6.07 Å². The third kappa shape index (κ3) is 7.25. The van der Waals surface area contributed by atoms with Crippen molar-refractivity contribution < 1.29 is 40.2 Å². The molecule has 0 aromatic heterocycles. The van der Waals surface area contributed by atoms with Crippen molar-refractivity contribution in [3.8, 4) is 23.0 Å². The quantitative estimate of drug-likeness (QED) is 0.358. The number of aryl methyl sites for hydroxylation is 1. The molecule has 0 spiro atoms. The minimum Gasteiger partial charge on any atom is -0.508 e. The molecule has 0 aliphatic carbocycles. The fourth-order valence-electron chi connectivity index (χ4n) is 2.78. The summed E-state index contributed by atoms with van der Waals surface area (Å²) in [5, 5.41) is 54.2. The predicted molar refractivity (Wildman–Crippen MR) is 106 cm³/mol. The van der Waals surface area contributed by atoms with Crippen LogP contribution in [0.1, 0.15) is 65.3 Å². The second-order valence-electron chi connectivity index (χ2n) is 6.44. The standard InChI is InChI=1S/C14H20O4.C7H6O4/c1-2-3-4-5-6-7-10-8-11(15)9-12(16)13(10)14(17)18;8-4-2-1-3-5(9)6(4)7(10)11/h8-9,15-16H,2-7H2,1H3,(H,17,18);1-3,8-9H,(H,10,11). The topological polar surface area (TPSA) is 156 Å². The lowest BCUT2D eigenvalue weighted by molar-refractivity contribution is 0.0679. The van der Waals surface area contributed by atoms with Crippen LogP contribution in [-0.4, -0.2) is 42.6 Å². The summed E-state index contributed by atoms with van der Waals surface area (Å²) in [5.41, 5.74) is -0.0627. The molecule has 0 atom stereocenters. The molecule has 0 amide bonds. The van der Waals surface area contributed by atoms with Gasteiger partial charge in [-0.2, -0.15) is 0 Å². The van der Waals surface area contributed by atoms with E-state index in [1.54, 1.807) is 0 Å². The van der Waals surface area contributed by atoms with Crippen molar-refractivity contribution in [3.05, 3.63) is 47.0 Å². The molecule has 2 rings (SSSR count). The summed E-state index contributed by atoms with van der Waals surface area (Å²) in [6, 6.07) is 6.23. The van der Waals surface area contributed by atoms with Gasteiger partial charge in [0.05, 0.1) is 0 Å². The summed E-state index contributed by atoms with van der Waals surface area (Å²) < 4.78 is 0. The maximum absolute atomic E-state index is 11.0. The Morgan fingerprint density at radius 2 is 1.31 bits per heavy atom. The molecular weight excluding hydrogens is 380 g/mol. The highest BCUT2D eigenvalue weighted by atomic mass is 16.4. The maximum atomic E-state index is 11.0. The lowest BCUT2D eigenvalue weighted by atomic mass is 9.99. The van der Waals surface area contributed by atoms with E-state index in [9.17, 15) is 19.8 Å². The molecule has 2 aromatic rings. The Hall–Kier alpha value is -3.42. The normalized spacial score (nSPS) is 10.1. The molecular formula is C21H26O8. The van der Waals surface area contributed by atoms with Gasteiger partial charge in [-0.15, -0.1) is 0 Å². The molecule has 0 heterocycles. The Labute approximate surface area is 168 Å². The SMILES string of the molecule is CCCCCCCc1cc(O)cc(O)c1C(=O)O.O=C(O)c1c(O)cccc1O. The van der Waals surface area contributed by atoms with Crippen LogP contribution in [0.3, 0.4) is 0 Å². The molecule has 0 aliphatic heterocycles. The fourth-order valence-corrected chi connectivity index (χ4v) is 2.78. The Bertz CT molecular complexity index is 825. The van der Waals surface area contributed by atoms with Crippen LogP contribution >= 0.6 is 0 Å². The Balaban J connectivity index is 0.000000326. The molecule has 2 aromatic carbocycles. The summed E-state index contributed by atoms with van der Waals surface area (Å²) in [6.45, 7) is 2.13. The Morgan fingerprint density at radius 3 is 1.79 bits per heavy atom.